The summed E-state index contributed by atoms with van der Waals surface area (Å²) in [6, 6.07) is 0. The van der Waals surface area contributed by atoms with Gasteiger partial charge in [-0.25, -0.2) is 9.67 Å². The van der Waals surface area contributed by atoms with Gasteiger partial charge in [-0.05, 0) is 30.7 Å². The van der Waals surface area contributed by atoms with E-state index in [-0.39, 0.29) is 5.41 Å². The maximum Gasteiger partial charge on any atom is 0.138 e. The first kappa shape index (κ1) is 16.2. The minimum absolute atomic E-state index is 0.192. The first-order valence-corrected chi connectivity index (χ1v) is 7.63. The topological polar surface area (TPSA) is 56.7 Å². The van der Waals surface area contributed by atoms with E-state index in [4.69, 9.17) is 5.73 Å². The Morgan fingerprint density at radius 2 is 2.11 bits per heavy atom. The van der Waals surface area contributed by atoms with Gasteiger partial charge in [0.05, 0.1) is 0 Å². The van der Waals surface area contributed by atoms with Crippen LogP contribution < -0.4 is 5.73 Å². The van der Waals surface area contributed by atoms with Crippen LogP contribution in [0.25, 0.3) is 0 Å². The van der Waals surface area contributed by atoms with Gasteiger partial charge < -0.3 is 5.73 Å². The lowest BCUT2D eigenvalue weighted by Crippen LogP contribution is -2.33. The number of aromatic nitrogens is 3. The molecule has 19 heavy (non-hydrogen) atoms. The summed E-state index contributed by atoms with van der Waals surface area (Å²) < 4.78 is 2.05. The summed E-state index contributed by atoms with van der Waals surface area (Å²) in [6.07, 6.45) is 7.38. The minimum Gasteiger partial charge on any atom is -0.330 e. The van der Waals surface area contributed by atoms with Gasteiger partial charge in [0.1, 0.15) is 12.2 Å². The molecule has 0 radical (unpaired) electrons. The number of hydrogen-bond acceptors (Lipinski definition) is 3. The highest BCUT2D eigenvalue weighted by molar-refractivity contribution is 4.94. The Morgan fingerprint density at radius 1 is 1.37 bits per heavy atom. The number of hydrogen-bond donors (Lipinski definition) is 1. The van der Waals surface area contributed by atoms with Crippen molar-refractivity contribution in [2.45, 2.75) is 66.3 Å². The molecule has 1 aromatic heterocycles. The van der Waals surface area contributed by atoms with Crippen LogP contribution in [0, 0.1) is 11.3 Å². The Kier molecular flexibility index (Phi) is 6.49. The lowest BCUT2D eigenvalue weighted by atomic mass is 9.77. The molecule has 2 N–H and O–H groups in total. The fourth-order valence-electron chi connectivity index (χ4n) is 2.52. The Hall–Kier alpha value is -0.900. The molecule has 110 valence electrons. The molecule has 0 saturated heterocycles. The summed E-state index contributed by atoms with van der Waals surface area (Å²) in [6.45, 7) is 10.6. The van der Waals surface area contributed by atoms with Gasteiger partial charge in [0.15, 0.2) is 0 Å². The minimum atomic E-state index is 0.192. The first-order valence-electron chi connectivity index (χ1n) is 7.63. The van der Waals surface area contributed by atoms with E-state index < -0.39 is 0 Å². The molecule has 0 aromatic carbocycles. The summed E-state index contributed by atoms with van der Waals surface area (Å²) in [5, 5.41) is 4.35. The van der Waals surface area contributed by atoms with Crippen LogP contribution in [0.1, 0.15) is 59.2 Å². The zero-order valence-electron chi connectivity index (χ0n) is 13.0. The second kappa shape index (κ2) is 7.63. The van der Waals surface area contributed by atoms with Gasteiger partial charge in [0, 0.05) is 13.0 Å². The number of nitrogens with zero attached hydrogens (tertiary/aromatic N) is 3. The van der Waals surface area contributed by atoms with Crippen LogP contribution in [-0.4, -0.2) is 21.3 Å². The molecule has 0 bridgehead atoms. The van der Waals surface area contributed by atoms with Crippen molar-refractivity contribution >= 4 is 0 Å². The van der Waals surface area contributed by atoms with E-state index in [9.17, 15) is 0 Å². The molecule has 0 fully saturated rings. The first-order chi connectivity index (χ1) is 9.06. The predicted molar refractivity (Wildman–Crippen MR) is 79.9 cm³/mol. The molecular formula is C15H30N4. The third kappa shape index (κ3) is 4.60. The van der Waals surface area contributed by atoms with Crippen molar-refractivity contribution in [2.24, 2.45) is 17.1 Å². The zero-order chi connectivity index (χ0) is 14.3. The summed E-state index contributed by atoms with van der Waals surface area (Å²) >= 11 is 0. The fraction of sp³-hybridized carbons (Fsp3) is 0.867. The molecule has 1 atom stereocenters. The van der Waals surface area contributed by atoms with Gasteiger partial charge in [-0.2, -0.15) is 5.10 Å². The van der Waals surface area contributed by atoms with Gasteiger partial charge in [0.2, 0.25) is 0 Å². The van der Waals surface area contributed by atoms with Crippen LogP contribution >= 0.6 is 0 Å². The molecule has 0 saturated carbocycles. The fourth-order valence-corrected chi connectivity index (χ4v) is 2.52. The van der Waals surface area contributed by atoms with Crippen molar-refractivity contribution in [1.29, 1.82) is 0 Å². The summed E-state index contributed by atoms with van der Waals surface area (Å²) in [7, 11) is 0. The number of rotatable bonds is 9. The smallest absolute Gasteiger partial charge is 0.138 e. The summed E-state index contributed by atoms with van der Waals surface area (Å²) in [4.78, 5) is 4.45. The molecule has 1 unspecified atom stereocenters. The van der Waals surface area contributed by atoms with E-state index in [1.54, 1.807) is 6.33 Å². The second-order valence-electron chi connectivity index (χ2n) is 6.09. The molecule has 4 nitrogen and oxygen atoms in total. The van der Waals surface area contributed by atoms with Crippen molar-refractivity contribution in [3.05, 3.63) is 12.2 Å². The average molecular weight is 266 g/mol. The Bertz CT molecular complexity index is 353. The van der Waals surface area contributed by atoms with Gasteiger partial charge in [-0.15, -0.1) is 0 Å². The Morgan fingerprint density at radius 3 is 2.63 bits per heavy atom. The molecule has 4 heteroatoms. The van der Waals surface area contributed by atoms with Crippen molar-refractivity contribution in [2.75, 3.05) is 6.54 Å². The number of nitrogens with two attached hydrogens (primary N) is 1. The van der Waals surface area contributed by atoms with Crippen molar-refractivity contribution < 1.29 is 0 Å². The molecule has 1 rings (SSSR count). The van der Waals surface area contributed by atoms with E-state index >= 15 is 0 Å². The number of unbranched alkanes of at least 4 members (excludes halogenated alkanes) is 1. The monoisotopic (exact) mass is 266 g/mol. The third-order valence-corrected chi connectivity index (χ3v) is 4.01. The Balaban J connectivity index is 2.81. The normalized spacial score (nSPS) is 14.8. The molecule has 0 amide bonds. The highest BCUT2D eigenvalue weighted by Crippen LogP contribution is 2.31. The largest absolute Gasteiger partial charge is 0.330 e. The van der Waals surface area contributed by atoms with Crippen molar-refractivity contribution in [3.8, 4) is 0 Å². The quantitative estimate of drug-likeness (QED) is 0.747. The van der Waals surface area contributed by atoms with Crippen molar-refractivity contribution in [1.82, 2.24) is 14.8 Å². The highest BCUT2D eigenvalue weighted by atomic mass is 15.3. The predicted octanol–water partition coefficient (Wildman–Crippen LogP) is 3.02. The van der Waals surface area contributed by atoms with Gasteiger partial charge >= 0.3 is 0 Å². The highest BCUT2D eigenvalue weighted by Gasteiger charge is 2.28. The van der Waals surface area contributed by atoms with E-state index in [2.05, 4.69) is 42.5 Å². The van der Waals surface area contributed by atoms with Crippen LogP contribution in [0.3, 0.4) is 0 Å². The molecule has 1 aromatic rings. The average Bonchev–Trinajstić information content (AvgIpc) is 2.81. The maximum absolute atomic E-state index is 6.07. The maximum atomic E-state index is 6.07. The molecule has 1 heterocycles. The van der Waals surface area contributed by atoms with Crippen LogP contribution in [0.4, 0.5) is 0 Å². The van der Waals surface area contributed by atoms with Gasteiger partial charge in [0.25, 0.3) is 0 Å². The lowest BCUT2D eigenvalue weighted by molar-refractivity contribution is 0.240. The SMILES string of the molecule is CCCCC(CC)(CN)Cc1ncnn1CC(C)C. The lowest BCUT2D eigenvalue weighted by Gasteiger charge is -2.31. The Labute approximate surface area is 117 Å². The standard InChI is InChI=1S/C15H30N4/c1-5-7-8-15(6-2,11-16)9-14-17-12-18-19(14)10-13(3)4/h12-13H,5-11,16H2,1-4H3. The van der Waals surface area contributed by atoms with E-state index in [0.717, 1.165) is 31.8 Å². The summed E-state index contributed by atoms with van der Waals surface area (Å²) in [5.41, 5.74) is 6.26. The molecule has 0 spiro atoms. The van der Waals surface area contributed by atoms with E-state index in [1.807, 2.05) is 0 Å². The van der Waals surface area contributed by atoms with Gasteiger partial charge in [-0.3, -0.25) is 0 Å². The summed E-state index contributed by atoms with van der Waals surface area (Å²) in [5.74, 6) is 1.68. The third-order valence-electron chi connectivity index (χ3n) is 4.01. The zero-order valence-corrected chi connectivity index (χ0v) is 13.0. The molecular weight excluding hydrogens is 236 g/mol. The molecule has 0 aliphatic heterocycles. The molecule has 0 aliphatic carbocycles. The second-order valence-corrected chi connectivity index (χ2v) is 6.09. The van der Waals surface area contributed by atoms with Gasteiger partial charge in [-0.1, -0.05) is 40.5 Å². The van der Waals surface area contributed by atoms with Crippen LogP contribution in [-0.2, 0) is 13.0 Å². The van der Waals surface area contributed by atoms with Crippen LogP contribution in [0.2, 0.25) is 0 Å². The van der Waals surface area contributed by atoms with Crippen LogP contribution in [0.15, 0.2) is 6.33 Å². The van der Waals surface area contributed by atoms with E-state index in [1.165, 1.54) is 19.3 Å². The van der Waals surface area contributed by atoms with E-state index in [0.29, 0.717) is 5.92 Å². The molecule has 0 aliphatic rings. The van der Waals surface area contributed by atoms with Crippen LogP contribution in [0.5, 0.6) is 0 Å². The van der Waals surface area contributed by atoms with Crippen molar-refractivity contribution in [3.63, 3.8) is 0 Å².